The summed E-state index contributed by atoms with van der Waals surface area (Å²) in [5, 5.41) is 1.17. The Hall–Kier alpha value is -2.09. The maximum Gasteiger partial charge on any atom is 0.210 e. The Morgan fingerprint density at radius 3 is 2.04 bits per heavy atom. The zero-order valence-electron chi connectivity index (χ0n) is 13.7. The van der Waals surface area contributed by atoms with E-state index in [0.29, 0.717) is 0 Å². The first-order valence-electron chi connectivity index (χ1n) is 7.91. The average Bonchev–Trinajstić information content (AvgIpc) is 2.64. The molecule has 2 rings (SSSR count). The molecule has 0 aliphatic carbocycles. The van der Waals surface area contributed by atoms with Crippen molar-refractivity contribution in [3.8, 4) is 0 Å². The summed E-state index contributed by atoms with van der Waals surface area (Å²) in [5.74, 6) is 0. The van der Waals surface area contributed by atoms with Crippen LogP contribution in [0.3, 0.4) is 0 Å². The summed E-state index contributed by atoms with van der Waals surface area (Å²) in [5.41, 5.74) is 4.85. The number of allylic oxidation sites excluding steroid dienone is 4. The van der Waals surface area contributed by atoms with E-state index in [1.807, 2.05) is 12.2 Å². The highest BCUT2D eigenvalue weighted by atomic mass is 35.6. The lowest BCUT2D eigenvalue weighted by Crippen LogP contribution is -1.89. The Morgan fingerprint density at radius 2 is 1.50 bits per heavy atom. The third-order valence-corrected chi connectivity index (χ3v) is 4.93. The summed E-state index contributed by atoms with van der Waals surface area (Å²) in [7, 11) is 0.274. The number of hydrogen-bond donors (Lipinski definition) is 0. The van der Waals surface area contributed by atoms with Gasteiger partial charge in [0.05, 0.1) is 0 Å². The first-order chi connectivity index (χ1) is 11.7. The van der Waals surface area contributed by atoms with Crippen LogP contribution in [-0.2, 0) is 12.8 Å². The summed E-state index contributed by atoms with van der Waals surface area (Å²) in [6, 6.07) is 16.8. The number of hydrogen-bond acceptors (Lipinski definition) is 0. The van der Waals surface area contributed by atoms with Crippen molar-refractivity contribution in [3.05, 3.63) is 107 Å². The molecule has 0 nitrogen and oxygen atoms in total. The van der Waals surface area contributed by atoms with Gasteiger partial charge in [0.2, 0.25) is 8.83 Å². The third kappa shape index (κ3) is 5.84. The fourth-order valence-electron chi connectivity index (χ4n) is 2.38. The van der Waals surface area contributed by atoms with Crippen molar-refractivity contribution in [2.24, 2.45) is 0 Å². The predicted octanol–water partition coefficient (Wildman–Crippen LogP) is 6.06. The molecule has 0 aliphatic rings. The van der Waals surface area contributed by atoms with Gasteiger partial charge in [-0.1, -0.05) is 92.1 Å². The standard InChI is InChI=1S/C22H21ClSi/c1-3-18-8-5-10-20(16-18)12-7-13-22(24-23)15-14-21-11-6-9-19(4-2)17-21/h3-11,13,15-17H,1-2,12,14H2. The lowest BCUT2D eigenvalue weighted by Gasteiger charge is -2.01. The van der Waals surface area contributed by atoms with Gasteiger partial charge in [0.1, 0.15) is 0 Å². The van der Waals surface area contributed by atoms with E-state index in [0.717, 1.165) is 24.0 Å². The normalized spacial score (nSPS) is 11.6. The molecule has 0 saturated carbocycles. The van der Waals surface area contributed by atoms with E-state index in [1.165, 1.54) is 16.3 Å². The molecule has 0 aliphatic heterocycles. The maximum absolute atomic E-state index is 6.10. The highest BCUT2D eigenvalue weighted by Gasteiger charge is 1.96. The fraction of sp³-hybridized carbons (Fsp3) is 0.0909. The van der Waals surface area contributed by atoms with Crippen LogP contribution in [0.5, 0.6) is 0 Å². The average molecular weight is 349 g/mol. The van der Waals surface area contributed by atoms with E-state index in [-0.39, 0.29) is 8.83 Å². The van der Waals surface area contributed by atoms with Crippen LogP contribution in [0, 0.1) is 0 Å². The smallest absolute Gasteiger partial charge is 0.165 e. The molecule has 2 heteroatoms. The van der Waals surface area contributed by atoms with E-state index >= 15 is 0 Å². The molecule has 0 aromatic heterocycles. The minimum absolute atomic E-state index is 0.274. The van der Waals surface area contributed by atoms with Gasteiger partial charge in [0, 0.05) is 0 Å². The summed E-state index contributed by atoms with van der Waals surface area (Å²) < 4.78 is 0. The van der Waals surface area contributed by atoms with Crippen molar-refractivity contribution in [2.45, 2.75) is 12.8 Å². The Morgan fingerprint density at radius 1 is 0.917 bits per heavy atom. The zero-order chi connectivity index (χ0) is 17.2. The Balaban J connectivity index is 1.99. The van der Waals surface area contributed by atoms with Gasteiger partial charge >= 0.3 is 0 Å². The second-order valence-electron chi connectivity index (χ2n) is 5.46. The van der Waals surface area contributed by atoms with Gasteiger partial charge in [-0.2, -0.15) is 11.1 Å². The third-order valence-electron chi connectivity index (χ3n) is 3.69. The quantitative estimate of drug-likeness (QED) is 0.309. The van der Waals surface area contributed by atoms with Gasteiger partial charge in [-0.05, 0) is 40.3 Å². The molecule has 24 heavy (non-hydrogen) atoms. The summed E-state index contributed by atoms with van der Waals surface area (Å²) in [4.78, 5) is 0. The lowest BCUT2D eigenvalue weighted by molar-refractivity contribution is 1.25. The van der Waals surface area contributed by atoms with E-state index < -0.39 is 0 Å². The summed E-state index contributed by atoms with van der Waals surface area (Å²) in [6.45, 7) is 7.62. The molecule has 2 radical (unpaired) electrons. The number of rotatable bonds is 8. The second kappa shape index (κ2) is 9.92. The maximum atomic E-state index is 6.10. The van der Waals surface area contributed by atoms with Crippen LogP contribution < -0.4 is 0 Å². The monoisotopic (exact) mass is 348 g/mol. The van der Waals surface area contributed by atoms with Crippen LogP contribution >= 0.6 is 11.1 Å². The van der Waals surface area contributed by atoms with Crippen molar-refractivity contribution in [1.82, 2.24) is 0 Å². The lowest BCUT2D eigenvalue weighted by atomic mass is 10.1. The van der Waals surface area contributed by atoms with Crippen LogP contribution in [0.1, 0.15) is 22.3 Å². The van der Waals surface area contributed by atoms with Crippen LogP contribution in [0.15, 0.2) is 85.1 Å². The molecule has 2 aromatic carbocycles. The van der Waals surface area contributed by atoms with Crippen molar-refractivity contribution in [2.75, 3.05) is 0 Å². The van der Waals surface area contributed by atoms with Crippen LogP contribution in [0.4, 0.5) is 0 Å². The van der Waals surface area contributed by atoms with E-state index in [2.05, 4.69) is 79.9 Å². The molecule has 0 saturated heterocycles. The largest absolute Gasteiger partial charge is 0.210 e. The topological polar surface area (TPSA) is 0 Å². The Bertz CT molecular complexity index is 756. The molecule has 0 unspecified atom stereocenters. The summed E-state index contributed by atoms with van der Waals surface area (Å²) in [6.07, 6.45) is 12.0. The Kier molecular flexibility index (Phi) is 7.54. The van der Waals surface area contributed by atoms with Gasteiger partial charge in [0.25, 0.3) is 0 Å². The van der Waals surface area contributed by atoms with E-state index in [4.69, 9.17) is 11.1 Å². The molecule has 0 amide bonds. The molecule has 0 atom stereocenters. The minimum Gasteiger partial charge on any atom is -0.165 e. The van der Waals surface area contributed by atoms with Crippen molar-refractivity contribution < 1.29 is 0 Å². The molecule has 0 heterocycles. The minimum atomic E-state index is 0.274. The predicted molar refractivity (Wildman–Crippen MR) is 109 cm³/mol. The zero-order valence-corrected chi connectivity index (χ0v) is 15.5. The van der Waals surface area contributed by atoms with Crippen LogP contribution in [0.2, 0.25) is 0 Å². The highest BCUT2D eigenvalue weighted by Crippen LogP contribution is 2.11. The summed E-state index contributed by atoms with van der Waals surface area (Å²) >= 11 is 6.10. The molecule has 120 valence electrons. The van der Waals surface area contributed by atoms with Gasteiger partial charge < -0.3 is 0 Å². The second-order valence-corrected chi connectivity index (χ2v) is 6.80. The molecule has 2 aromatic rings. The molecule has 0 bridgehead atoms. The number of halogens is 1. The highest BCUT2D eigenvalue weighted by molar-refractivity contribution is 6.98. The van der Waals surface area contributed by atoms with Gasteiger partial charge in [-0.25, -0.2) is 0 Å². The SMILES string of the molecule is C=Cc1cccc(CC=CC(=CCc2cccc(C=C)c2)[Si]Cl)c1. The van der Waals surface area contributed by atoms with Crippen molar-refractivity contribution in [3.63, 3.8) is 0 Å². The molecule has 0 spiro atoms. The van der Waals surface area contributed by atoms with Crippen molar-refractivity contribution in [1.29, 1.82) is 0 Å². The van der Waals surface area contributed by atoms with Gasteiger partial charge in [0.15, 0.2) is 0 Å². The van der Waals surface area contributed by atoms with Crippen molar-refractivity contribution >= 4 is 32.1 Å². The van der Waals surface area contributed by atoms with E-state index in [1.54, 1.807) is 0 Å². The molecular weight excluding hydrogens is 328 g/mol. The van der Waals surface area contributed by atoms with Crippen LogP contribution in [-0.4, -0.2) is 8.83 Å². The molecule has 0 fully saturated rings. The first-order valence-corrected chi connectivity index (χ1v) is 9.92. The molecular formula is C22H21ClSi. The van der Waals surface area contributed by atoms with Gasteiger partial charge in [-0.15, -0.1) is 0 Å². The Labute approximate surface area is 152 Å². The number of benzene rings is 2. The molecule has 0 N–H and O–H groups in total. The fourth-order valence-corrected chi connectivity index (χ4v) is 3.16. The van der Waals surface area contributed by atoms with Gasteiger partial charge in [-0.3, -0.25) is 0 Å². The van der Waals surface area contributed by atoms with Crippen LogP contribution in [0.25, 0.3) is 12.2 Å². The van der Waals surface area contributed by atoms with E-state index in [9.17, 15) is 0 Å². The first kappa shape index (κ1) is 18.2.